The molecule has 84 valence electrons. The fourth-order valence-corrected chi connectivity index (χ4v) is 2.79. The Labute approximate surface area is 100 Å². The summed E-state index contributed by atoms with van der Waals surface area (Å²) in [5.74, 6) is 0. The van der Waals surface area contributed by atoms with Crippen molar-refractivity contribution in [1.82, 2.24) is 9.88 Å². The van der Waals surface area contributed by atoms with Crippen molar-refractivity contribution in [1.29, 1.82) is 0 Å². The maximum atomic E-state index is 6.41. The third kappa shape index (κ3) is 1.37. The van der Waals surface area contributed by atoms with E-state index in [2.05, 4.69) is 36.0 Å². The van der Waals surface area contributed by atoms with Crippen LogP contribution in [0, 0.1) is 6.92 Å². The Kier molecular flexibility index (Phi) is 2.23. The molecule has 0 atom stereocenters. The van der Waals surface area contributed by atoms with Gasteiger partial charge >= 0.3 is 0 Å². The van der Waals surface area contributed by atoms with E-state index in [9.17, 15) is 0 Å². The Bertz CT molecular complexity index is 557. The fourth-order valence-electron chi connectivity index (χ4n) is 2.51. The van der Waals surface area contributed by atoms with Crippen molar-refractivity contribution in [2.24, 2.45) is 0 Å². The number of nitrogens with zero attached hydrogens (tertiary/aromatic N) is 1. The average Bonchev–Trinajstić information content (AvgIpc) is 2.62. The van der Waals surface area contributed by atoms with Gasteiger partial charge in [-0.25, -0.2) is 0 Å². The second kappa shape index (κ2) is 3.51. The van der Waals surface area contributed by atoms with Crippen LogP contribution in [0.25, 0.3) is 10.9 Å². The number of hydrogen-bond acceptors (Lipinski definition) is 1. The zero-order valence-electron chi connectivity index (χ0n) is 9.60. The smallest absolute Gasteiger partial charge is 0.0532 e. The minimum atomic E-state index is 0.908. The normalized spacial score (nSPS) is 16.7. The first-order chi connectivity index (χ1) is 7.66. The van der Waals surface area contributed by atoms with E-state index in [1.807, 2.05) is 0 Å². The molecule has 0 aliphatic carbocycles. The number of aromatic nitrogens is 1. The molecule has 16 heavy (non-hydrogen) atoms. The Morgan fingerprint density at radius 3 is 3.00 bits per heavy atom. The molecule has 2 aromatic rings. The highest BCUT2D eigenvalue weighted by molar-refractivity contribution is 6.36. The molecule has 3 rings (SSSR count). The van der Waals surface area contributed by atoms with Crippen LogP contribution in [-0.4, -0.2) is 23.5 Å². The summed E-state index contributed by atoms with van der Waals surface area (Å²) in [4.78, 5) is 5.84. The Hall–Kier alpha value is -0.990. The molecule has 1 aromatic heterocycles. The second-order valence-corrected chi connectivity index (χ2v) is 5.07. The summed E-state index contributed by atoms with van der Waals surface area (Å²) in [6.07, 6.45) is 1.09. The molecule has 0 radical (unpaired) electrons. The molecule has 1 aliphatic heterocycles. The van der Waals surface area contributed by atoms with E-state index in [0.29, 0.717) is 0 Å². The summed E-state index contributed by atoms with van der Waals surface area (Å²) in [5.41, 5.74) is 5.08. The van der Waals surface area contributed by atoms with Crippen LogP contribution >= 0.6 is 11.6 Å². The third-order valence-corrected chi connectivity index (χ3v) is 3.95. The van der Waals surface area contributed by atoms with Crippen LogP contribution in [0.5, 0.6) is 0 Å². The van der Waals surface area contributed by atoms with Gasteiger partial charge in [0.2, 0.25) is 0 Å². The van der Waals surface area contributed by atoms with E-state index in [0.717, 1.165) is 30.1 Å². The van der Waals surface area contributed by atoms with Crippen molar-refractivity contribution >= 4 is 22.5 Å². The first-order valence-corrected chi connectivity index (χ1v) is 6.01. The molecule has 0 unspecified atom stereocenters. The maximum absolute atomic E-state index is 6.41. The lowest BCUT2D eigenvalue weighted by Crippen LogP contribution is -2.26. The second-order valence-electron chi connectivity index (χ2n) is 4.69. The van der Waals surface area contributed by atoms with Crippen LogP contribution in [0.1, 0.15) is 16.8 Å². The van der Waals surface area contributed by atoms with Crippen LogP contribution < -0.4 is 0 Å². The molecule has 0 bridgehead atoms. The average molecular weight is 235 g/mol. The molecule has 1 aromatic carbocycles. The number of H-pyrrole nitrogens is 1. The number of fused-ring (bicyclic) bond motifs is 3. The van der Waals surface area contributed by atoms with Gasteiger partial charge in [0.15, 0.2) is 0 Å². The van der Waals surface area contributed by atoms with Crippen LogP contribution in [0.3, 0.4) is 0 Å². The van der Waals surface area contributed by atoms with Gasteiger partial charge in [-0.1, -0.05) is 17.7 Å². The van der Waals surface area contributed by atoms with Crippen molar-refractivity contribution in [3.63, 3.8) is 0 Å². The maximum Gasteiger partial charge on any atom is 0.0532 e. The number of aromatic amines is 1. The number of likely N-dealkylation sites (N-methyl/N-ethyl adjacent to an activating group) is 1. The summed E-state index contributed by atoms with van der Waals surface area (Å²) < 4.78 is 0. The van der Waals surface area contributed by atoms with E-state index >= 15 is 0 Å². The fraction of sp³-hybridized carbons (Fsp3) is 0.385. The minimum Gasteiger partial charge on any atom is -0.358 e. The number of halogens is 1. The molecule has 0 saturated carbocycles. The van der Waals surface area contributed by atoms with Gasteiger partial charge in [0, 0.05) is 36.1 Å². The number of aryl methyl sites for hydroxylation is 1. The molecule has 0 spiro atoms. The summed E-state index contributed by atoms with van der Waals surface area (Å²) in [6.45, 7) is 4.18. The van der Waals surface area contributed by atoms with Crippen molar-refractivity contribution in [3.05, 3.63) is 34.0 Å². The molecule has 0 fully saturated rings. The van der Waals surface area contributed by atoms with Crippen molar-refractivity contribution < 1.29 is 0 Å². The SMILES string of the molecule is Cc1ccc2[nH]c3c(c2c1Cl)CN(C)CC3. The standard InChI is InChI=1S/C13H15ClN2/c1-8-3-4-11-12(13(8)14)9-7-16(2)6-5-10(9)15-11/h3-4,15H,5-7H2,1-2H3. The monoisotopic (exact) mass is 234 g/mol. The number of rotatable bonds is 0. The summed E-state index contributed by atoms with van der Waals surface area (Å²) >= 11 is 6.41. The van der Waals surface area contributed by atoms with Gasteiger partial charge in [0.05, 0.1) is 5.02 Å². The molecular weight excluding hydrogens is 220 g/mol. The van der Waals surface area contributed by atoms with Crippen LogP contribution in [-0.2, 0) is 13.0 Å². The van der Waals surface area contributed by atoms with Gasteiger partial charge in [-0.15, -0.1) is 0 Å². The molecule has 1 aliphatic rings. The first-order valence-electron chi connectivity index (χ1n) is 5.64. The lowest BCUT2D eigenvalue weighted by atomic mass is 10.0. The largest absolute Gasteiger partial charge is 0.358 e. The molecule has 2 nitrogen and oxygen atoms in total. The lowest BCUT2D eigenvalue weighted by Gasteiger charge is -2.22. The van der Waals surface area contributed by atoms with Crippen molar-refractivity contribution in [2.75, 3.05) is 13.6 Å². The highest BCUT2D eigenvalue weighted by atomic mass is 35.5. The van der Waals surface area contributed by atoms with E-state index in [1.54, 1.807) is 0 Å². The number of nitrogens with one attached hydrogen (secondary N) is 1. The van der Waals surface area contributed by atoms with Crippen LogP contribution in [0.4, 0.5) is 0 Å². The summed E-state index contributed by atoms with van der Waals surface area (Å²) in [6, 6.07) is 4.21. The van der Waals surface area contributed by atoms with Crippen LogP contribution in [0.2, 0.25) is 5.02 Å². The summed E-state index contributed by atoms with van der Waals surface area (Å²) in [7, 11) is 2.16. The zero-order chi connectivity index (χ0) is 11.3. The van der Waals surface area contributed by atoms with Crippen molar-refractivity contribution in [3.8, 4) is 0 Å². The van der Waals surface area contributed by atoms with Gasteiger partial charge in [-0.2, -0.15) is 0 Å². The molecule has 0 saturated heterocycles. The predicted octanol–water partition coefficient (Wildman–Crippen LogP) is 3.12. The van der Waals surface area contributed by atoms with E-state index in [4.69, 9.17) is 11.6 Å². The molecule has 3 heteroatoms. The Balaban J connectivity index is 2.32. The van der Waals surface area contributed by atoms with Gasteiger partial charge < -0.3 is 9.88 Å². The van der Waals surface area contributed by atoms with E-state index in [-0.39, 0.29) is 0 Å². The molecule has 1 N–H and O–H groups in total. The van der Waals surface area contributed by atoms with E-state index < -0.39 is 0 Å². The summed E-state index contributed by atoms with van der Waals surface area (Å²) in [5, 5.41) is 2.13. The number of benzene rings is 1. The van der Waals surface area contributed by atoms with Crippen LogP contribution in [0.15, 0.2) is 12.1 Å². The quantitative estimate of drug-likeness (QED) is 0.742. The molecular formula is C13H15ClN2. The highest BCUT2D eigenvalue weighted by Gasteiger charge is 2.20. The van der Waals surface area contributed by atoms with Crippen molar-refractivity contribution in [2.45, 2.75) is 19.9 Å². The lowest BCUT2D eigenvalue weighted by molar-refractivity contribution is 0.313. The minimum absolute atomic E-state index is 0.908. The number of hydrogen-bond donors (Lipinski definition) is 1. The zero-order valence-corrected chi connectivity index (χ0v) is 10.4. The first kappa shape index (κ1) is 10.2. The molecule has 2 heterocycles. The van der Waals surface area contributed by atoms with Gasteiger partial charge in [-0.05, 0) is 31.2 Å². The molecule has 0 amide bonds. The Morgan fingerprint density at radius 1 is 1.38 bits per heavy atom. The Morgan fingerprint density at radius 2 is 2.19 bits per heavy atom. The van der Waals surface area contributed by atoms with Gasteiger partial charge in [0.25, 0.3) is 0 Å². The topological polar surface area (TPSA) is 19.0 Å². The third-order valence-electron chi connectivity index (χ3n) is 3.46. The van der Waals surface area contributed by atoms with Gasteiger partial charge in [-0.3, -0.25) is 0 Å². The van der Waals surface area contributed by atoms with E-state index in [1.165, 1.54) is 22.2 Å². The predicted molar refractivity (Wildman–Crippen MR) is 68.1 cm³/mol. The highest BCUT2D eigenvalue weighted by Crippen LogP contribution is 2.34. The van der Waals surface area contributed by atoms with Gasteiger partial charge in [0.1, 0.15) is 0 Å².